The predicted octanol–water partition coefficient (Wildman–Crippen LogP) is 4.36. The molecule has 1 atom stereocenters. The van der Waals surface area contributed by atoms with Gasteiger partial charge in [0.2, 0.25) is 5.91 Å². The van der Waals surface area contributed by atoms with Crippen molar-refractivity contribution in [3.8, 4) is 5.75 Å². The molecule has 2 aromatic rings. The van der Waals surface area contributed by atoms with Gasteiger partial charge in [-0.2, -0.15) is 0 Å². The quantitative estimate of drug-likeness (QED) is 0.672. The first-order valence-electron chi connectivity index (χ1n) is 10.5. The molecule has 0 spiro atoms. The van der Waals surface area contributed by atoms with Gasteiger partial charge in [0.25, 0.3) is 0 Å². The van der Waals surface area contributed by atoms with Gasteiger partial charge >= 0.3 is 0 Å². The predicted molar refractivity (Wildman–Crippen MR) is 113 cm³/mol. The molecule has 4 nitrogen and oxygen atoms in total. The van der Waals surface area contributed by atoms with Gasteiger partial charge in [-0.1, -0.05) is 44.2 Å². The Labute approximate surface area is 173 Å². The highest BCUT2D eigenvalue weighted by Gasteiger charge is 2.25. The fourth-order valence-electron chi connectivity index (χ4n) is 3.83. The van der Waals surface area contributed by atoms with Crippen LogP contribution in [0.25, 0.3) is 0 Å². The number of halogens is 1. The van der Waals surface area contributed by atoms with Crippen LogP contribution in [0.1, 0.15) is 43.7 Å². The molecule has 5 heteroatoms. The standard InChI is InChI=1S/C24H31FN2O2/c1-18(2)22-7-3-4-8-23(22)29-15-13-26-24(28)20-6-5-14-27(17-20)16-19-9-11-21(25)12-10-19/h3-4,7-12,18,20H,5-6,13-17H2,1-2H3,(H,26,28)/t20-/m1/s1. The number of amides is 1. The van der Waals surface area contributed by atoms with Crippen molar-refractivity contribution in [3.63, 3.8) is 0 Å². The highest BCUT2D eigenvalue weighted by molar-refractivity contribution is 5.78. The maximum Gasteiger partial charge on any atom is 0.224 e. The molecular formula is C24H31FN2O2. The molecule has 156 valence electrons. The van der Waals surface area contributed by atoms with Crippen molar-refractivity contribution in [2.45, 2.75) is 39.2 Å². The van der Waals surface area contributed by atoms with Crippen LogP contribution in [0.15, 0.2) is 48.5 Å². The fourth-order valence-corrected chi connectivity index (χ4v) is 3.83. The number of nitrogens with one attached hydrogen (secondary N) is 1. The summed E-state index contributed by atoms with van der Waals surface area (Å²) in [6.45, 7) is 7.70. The molecule has 1 saturated heterocycles. The molecule has 0 unspecified atom stereocenters. The van der Waals surface area contributed by atoms with Crippen LogP contribution in [0.2, 0.25) is 0 Å². The number of hydrogen-bond donors (Lipinski definition) is 1. The minimum Gasteiger partial charge on any atom is -0.491 e. The highest BCUT2D eigenvalue weighted by Crippen LogP contribution is 2.25. The SMILES string of the molecule is CC(C)c1ccccc1OCCNC(=O)[C@@H]1CCCN(Cc2ccc(F)cc2)C1. The molecule has 1 aliphatic heterocycles. The summed E-state index contributed by atoms with van der Waals surface area (Å²) in [6, 6.07) is 14.6. The molecule has 1 amide bonds. The summed E-state index contributed by atoms with van der Waals surface area (Å²) in [5.74, 6) is 1.15. The third-order valence-electron chi connectivity index (χ3n) is 5.40. The number of carbonyl (C=O) groups is 1. The van der Waals surface area contributed by atoms with Gasteiger partial charge in [0.1, 0.15) is 18.2 Å². The Morgan fingerprint density at radius 1 is 1.21 bits per heavy atom. The second kappa shape index (κ2) is 10.4. The zero-order chi connectivity index (χ0) is 20.6. The number of carbonyl (C=O) groups excluding carboxylic acids is 1. The maximum absolute atomic E-state index is 13.1. The number of ether oxygens (including phenoxy) is 1. The number of nitrogens with zero attached hydrogens (tertiary/aromatic N) is 1. The summed E-state index contributed by atoms with van der Waals surface area (Å²) in [4.78, 5) is 14.9. The zero-order valence-electron chi connectivity index (χ0n) is 17.4. The van der Waals surface area contributed by atoms with Gasteiger partial charge in [0.15, 0.2) is 0 Å². The number of piperidine rings is 1. The Hall–Kier alpha value is -2.40. The Morgan fingerprint density at radius 2 is 1.97 bits per heavy atom. The number of likely N-dealkylation sites (tertiary alicyclic amines) is 1. The average Bonchev–Trinajstić information content (AvgIpc) is 2.73. The van der Waals surface area contributed by atoms with Crippen LogP contribution in [0.3, 0.4) is 0 Å². The van der Waals surface area contributed by atoms with E-state index in [0.717, 1.165) is 43.8 Å². The first-order chi connectivity index (χ1) is 14.0. The summed E-state index contributed by atoms with van der Waals surface area (Å²) >= 11 is 0. The van der Waals surface area contributed by atoms with Gasteiger partial charge in [-0.05, 0) is 54.6 Å². The van der Waals surface area contributed by atoms with Crippen LogP contribution in [-0.2, 0) is 11.3 Å². The second-order valence-corrected chi connectivity index (χ2v) is 8.03. The maximum atomic E-state index is 13.1. The molecule has 1 fully saturated rings. The summed E-state index contributed by atoms with van der Waals surface area (Å²) in [7, 11) is 0. The van der Waals surface area contributed by atoms with Crippen molar-refractivity contribution in [1.82, 2.24) is 10.2 Å². The largest absolute Gasteiger partial charge is 0.491 e. The van der Waals surface area contributed by atoms with Gasteiger partial charge < -0.3 is 10.1 Å². The Bertz CT molecular complexity index is 792. The third-order valence-corrected chi connectivity index (χ3v) is 5.40. The van der Waals surface area contributed by atoms with E-state index >= 15 is 0 Å². The van der Waals surface area contributed by atoms with Gasteiger partial charge in [0, 0.05) is 13.1 Å². The van der Waals surface area contributed by atoms with Crippen LogP contribution in [0.4, 0.5) is 4.39 Å². The summed E-state index contributed by atoms with van der Waals surface area (Å²) < 4.78 is 19.0. The molecule has 0 bridgehead atoms. The van der Waals surface area contributed by atoms with Gasteiger partial charge in [0.05, 0.1) is 12.5 Å². The van der Waals surface area contributed by atoms with E-state index in [0.29, 0.717) is 19.1 Å². The van der Waals surface area contributed by atoms with Crippen molar-refractivity contribution in [2.75, 3.05) is 26.2 Å². The Kier molecular flexibility index (Phi) is 7.64. The average molecular weight is 399 g/mol. The van der Waals surface area contributed by atoms with E-state index < -0.39 is 0 Å². The lowest BCUT2D eigenvalue weighted by molar-refractivity contribution is -0.126. The van der Waals surface area contributed by atoms with E-state index in [1.54, 1.807) is 0 Å². The van der Waals surface area contributed by atoms with Gasteiger partial charge in [-0.3, -0.25) is 9.69 Å². The van der Waals surface area contributed by atoms with E-state index in [2.05, 4.69) is 30.1 Å². The molecule has 1 N–H and O–H groups in total. The van der Waals surface area contributed by atoms with Crippen molar-refractivity contribution in [2.24, 2.45) is 5.92 Å². The molecule has 0 aliphatic carbocycles. The lowest BCUT2D eigenvalue weighted by atomic mass is 9.96. The van der Waals surface area contributed by atoms with Gasteiger partial charge in [-0.15, -0.1) is 0 Å². The number of benzene rings is 2. The molecule has 1 heterocycles. The first kappa shape index (κ1) is 21.3. The number of para-hydroxylation sites is 1. The van der Waals surface area contributed by atoms with E-state index in [1.807, 2.05) is 30.3 Å². The minimum absolute atomic E-state index is 0.00727. The molecule has 2 aromatic carbocycles. The molecule has 29 heavy (non-hydrogen) atoms. The van der Waals surface area contributed by atoms with Crippen LogP contribution >= 0.6 is 0 Å². The van der Waals surface area contributed by atoms with Gasteiger partial charge in [-0.25, -0.2) is 4.39 Å². The smallest absolute Gasteiger partial charge is 0.224 e. The van der Waals surface area contributed by atoms with Crippen LogP contribution in [0.5, 0.6) is 5.75 Å². The van der Waals surface area contributed by atoms with Crippen LogP contribution in [0, 0.1) is 11.7 Å². The zero-order valence-corrected chi connectivity index (χ0v) is 17.4. The summed E-state index contributed by atoms with van der Waals surface area (Å²) in [5, 5.41) is 3.02. The molecule has 0 radical (unpaired) electrons. The van der Waals surface area contributed by atoms with Crippen molar-refractivity contribution < 1.29 is 13.9 Å². The van der Waals surface area contributed by atoms with Crippen LogP contribution in [-0.4, -0.2) is 37.0 Å². The Balaban J connectivity index is 1.43. The third kappa shape index (κ3) is 6.29. The van der Waals surface area contributed by atoms with E-state index in [-0.39, 0.29) is 17.6 Å². The first-order valence-corrected chi connectivity index (χ1v) is 10.5. The normalized spacial score (nSPS) is 17.3. The fraction of sp³-hybridized carbons (Fsp3) is 0.458. The lowest BCUT2D eigenvalue weighted by Gasteiger charge is -2.32. The van der Waals surface area contributed by atoms with Crippen molar-refractivity contribution >= 4 is 5.91 Å². The molecule has 0 saturated carbocycles. The number of rotatable bonds is 8. The molecule has 1 aliphatic rings. The van der Waals surface area contributed by atoms with E-state index in [4.69, 9.17) is 4.74 Å². The topological polar surface area (TPSA) is 41.6 Å². The Morgan fingerprint density at radius 3 is 2.72 bits per heavy atom. The van der Waals surface area contributed by atoms with E-state index in [1.165, 1.54) is 17.7 Å². The van der Waals surface area contributed by atoms with Crippen LogP contribution < -0.4 is 10.1 Å². The summed E-state index contributed by atoms with van der Waals surface area (Å²) in [5.41, 5.74) is 2.26. The van der Waals surface area contributed by atoms with E-state index in [9.17, 15) is 9.18 Å². The molecule has 0 aromatic heterocycles. The monoisotopic (exact) mass is 398 g/mol. The summed E-state index contributed by atoms with van der Waals surface area (Å²) in [6.07, 6.45) is 1.90. The molecule has 3 rings (SSSR count). The van der Waals surface area contributed by atoms with Crippen molar-refractivity contribution in [1.29, 1.82) is 0 Å². The lowest BCUT2D eigenvalue weighted by Crippen LogP contribution is -2.43. The number of hydrogen-bond acceptors (Lipinski definition) is 3. The van der Waals surface area contributed by atoms with Crippen molar-refractivity contribution in [3.05, 3.63) is 65.5 Å². The minimum atomic E-state index is -0.220. The highest BCUT2D eigenvalue weighted by atomic mass is 19.1. The molecular weight excluding hydrogens is 367 g/mol. The second-order valence-electron chi connectivity index (χ2n) is 8.03.